The molecule has 0 aliphatic carbocycles. The van der Waals surface area contributed by atoms with Crippen LogP contribution in [0.15, 0.2) is 12.3 Å². The van der Waals surface area contributed by atoms with Gasteiger partial charge in [0.15, 0.2) is 5.69 Å². The van der Waals surface area contributed by atoms with Crippen LogP contribution in [0, 0.1) is 0 Å². The molecule has 0 radical (unpaired) electrons. The van der Waals surface area contributed by atoms with Crippen LogP contribution in [-0.4, -0.2) is 45.6 Å². The smallest absolute Gasteiger partial charge is 0.333 e. The Bertz CT molecular complexity index is 533. The fourth-order valence-corrected chi connectivity index (χ4v) is 2.69. The highest BCUT2D eigenvalue weighted by atomic mass is 19.3. The van der Waals surface area contributed by atoms with Gasteiger partial charge in [-0.1, -0.05) is 0 Å². The molecule has 1 aromatic rings. The van der Waals surface area contributed by atoms with Gasteiger partial charge >= 0.3 is 6.55 Å². The first-order valence-electron chi connectivity index (χ1n) is 7.37. The van der Waals surface area contributed by atoms with Crippen molar-refractivity contribution in [3.05, 3.63) is 18.0 Å². The summed E-state index contributed by atoms with van der Waals surface area (Å²) in [5, 5.41) is 6.35. The molecule has 2 amide bonds. The van der Waals surface area contributed by atoms with Crippen LogP contribution in [0.3, 0.4) is 0 Å². The maximum atomic E-state index is 12.5. The summed E-state index contributed by atoms with van der Waals surface area (Å²) in [5.41, 5.74) is 0.0340. The summed E-state index contributed by atoms with van der Waals surface area (Å²) in [6.07, 6.45) is 4.51. The summed E-state index contributed by atoms with van der Waals surface area (Å²) >= 11 is 0. The highest BCUT2D eigenvalue weighted by Crippen LogP contribution is 2.21. The molecule has 1 saturated heterocycles. The Balaban J connectivity index is 2.02. The van der Waals surface area contributed by atoms with E-state index in [0.29, 0.717) is 24.2 Å². The van der Waals surface area contributed by atoms with Gasteiger partial charge in [-0.05, 0) is 31.7 Å². The van der Waals surface area contributed by atoms with Gasteiger partial charge in [-0.3, -0.25) is 9.59 Å². The second-order valence-corrected chi connectivity index (χ2v) is 5.38. The van der Waals surface area contributed by atoms with Gasteiger partial charge in [0.2, 0.25) is 5.91 Å². The first kappa shape index (κ1) is 16.4. The lowest BCUT2D eigenvalue weighted by atomic mass is 9.99. The van der Waals surface area contributed by atoms with E-state index in [0.717, 1.165) is 25.5 Å². The SMILES string of the molecule is CC(=O)NCC[C@@H]1CCCCN1C(=O)c1ccn(C(F)F)n1. The Labute approximate surface area is 127 Å². The maximum absolute atomic E-state index is 12.5. The number of nitrogens with zero attached hydrogens (tertiary/aromatic N) is 3. The molecule has 1 atom stereocenters. The van der Waals surface area contributed by atoms with E-state index in [9.17, 15) is 18.4 Å². The minimum atomic E-state index is -2.75. The summed E-state index contributed by atoms with van der Waals surface area (Å²) in [5.74, 6) is -0.434. The van der Waals surface area contributed by atoms with Gasteiger partial charge in [-0.15, -0.1) is 0 Å². The summed E-state index contributed by atoms with van der Waals surface area (Å²) in [6, 6.07) is 1.32. The van der Waals surface area contributed by atoms with Crippen molar-refractivity contribution < 1.29 is 18.4 Å². The molecule has 0 unspecified atom stereocenters. The second-order valence-electron chi connectivity index (χ2n) is 5.38. The molecule has 2 heterocycles. The Morgan fingerprint density at radius 1 is 1.45 bits per heavy atom. The van der Waals surface area contributed by atoms with Crippen LogP contribution in [0.2, 0.25) is 0 Å². The Morgan fingerprint density at radius 3 is 2.86 bits per heavy atom. The van der Waals surface area contributed by atoms with Crippen LogP contribution in [-0.2, 0) is 4.79 Å². The quantitative estimate of drug-likeness (QED) is 0.901. The van der Waals surface area contributed by atoms with E-state index in [-0.39, 0.29) is 23.6 Å². The molecule has 6 nitrogen and oxygen atoms in total. The van der Waals surface area contributed by atoms with Crippen LogP contribution >= 0.6 is 0 Å². The Morgan fingerprint density at radius 2 is 2.23 bits per heavy atom. The van der Waals surface area contributed by atoms with Crippen molar-refractivity contribution in [2.45, 2.75) is 45.2 Å². The van der Waals surface area contributed by atoms with Gasteiger partial charge < -0.3 is 10.2 Å². The Kier molecular flexibility index (Phi) is 5.46. The highest BCUT2D eigenvalue weighted by molar-refractivity contribution is 5.92. The molecule has 1 aliphatic heterocycles. The average Bonchev–Trinajstić information content (AvgIpc) is 2.97. The number of likely N-dealkylation sites (tertiary alicyclic amines) is 1. The zero-order valence-corrected chi connectivity index (χ0v) is 12.5. The molecule has 1 aromatic heterocycles. The van der Waals surface area contributed by atoms with Crippen molar-refractivity contribution >= 4 is 11.8 Å². The predicted octanol–water partition coefficient (Wildman–Crippen LogP) is 1.80. The van der Waals surface area contributed by atoms with Gasteiger partial charge in [0.1, 0.15) is 0 Å². The molecule has 1 aliphatic rings. The minimum Gasteiger partial charge on any atom is -0.356 e. The van der Waals surface area contributed by atoms with E-state index >= 15 is 0 Å². The molecule has 1 fully saturated rings. The number of nitrogens with one attached hydrogen (secondary N) is 1. The molecule has 8 heteroatoms. The molecule has 0 saturated carbocycles. The van der Waals surface area contributed by atoms with Gasteiger partial charge in [0, 0.05) is 32.3 Å². The van der Waals surface area contributed by atoms with Gasteiger partial charge in [0.25, 0.3) is 5.91 Å². The standard InChI is InChI=1S/C14H20F2N4O2/c1-10(21)17-7-5-11-4-2-3-8-19(11)13(22)12-6-9-20(18-12)14(15)16/h6,9,11,14H,2-5,7-8H2,1H3,(H,17,21)/t11-/m0/s1. The molecule has 0 aromatic carbocycles. The first-order chi connectivity index (χ1) is 10.5. The van der Waals surface area contributed by atoms with E-state index in [1.165, 1.54) is 13.0 Å². The number of amides is 2. The lowest BCUT2D eigenvalue weighted by molar-refractivity contribution is -0.119. The fourth-order valence-electron chi connectivity index (χ4n) is 2.69. The number of carbonyl (C=O) groups excluding carboxylic acids is 2. The second kappa shape index (κ2) is 7.33. The molecule has 2 rings (SSSR count). The van der Waals surface area contributed by atoms with E-state index in [2.05, 4.69) is 10.4 Å². The van der Waals surface area contributed by atoms with Crippen molar-refractivity contribution in [1.29, 1.82) is 0 Å². The number of carbonyl (C=O) groups is 2. The van der Waals surface area contributed by atoms with Crippen LogP contribution in [0.25, 0.3) is 0 Å². The normalized spacial score (nSPS) is 18.5. The van der Waals surface area contributed by atoms with E-state index in [4.69, 9.17) is 0 Å². The van der Waals surface area contributed by atoms with Gasteiger partial charge in [0.05, 0.1) is 0 Å². The van der Waals surface area contributed by atoms with E-state index < -0.39 is 6.55 Å². The first-order valence-corrected chi connectivity index (χ1v) is 7.37. The molecule has 0 bridgehead atoms. The van der Waals surface area contributed by atoms with E-state index in [1.54, 1.807) is 4.90 Å². The van der Waals surface area contributed by atoms with Crippen LogP contribution in [0.4, 0.5) is 8.78 Å². The topological polar surface area (TPSA) is 67.2 Å². The van der Waals surface area contributed by atoms with Gasteiger partial charge in [-0.2, -0.15) is 13.9 Å². The molecule has 0 spiro atoms. The highest BCUT2D eigenvalue weighted by Gasteiger charge is 2.28. The lowest BCUT2D eigenvalue weighted by Gasteiger charge is -2.35. The number of piperidine rings is 1. The third-order valence-electron chi connectivity index (χ3n) is 3.77. The maximum Gasteiger partial charge on any atom is 0.333 e. The third kappa shape index (κ3) is 4.02. The molecule has 1 N–H and O–H groups in total. The number of aromatic nitrogens is 2. The summed E-state index contributed by atoms with van der Waals surface area (Å²) in [6.45, 7) is -0.223. The van der Waals surface area contributed by atoms with Gasteiger partial charge in [-0.25, -0.2) is 4.68 Å². The molecular weight excluding hydrogens is 294 g/mol. The zero-order valence-electron chi connectivity index (χ0n) is 12.5. The van der Waals surface area contributed by atoms with Crippen molar-refractivity contribution in [2.24, 2.45) is 0 Å². The predicted molar refractivity (Wildman–Crippen MR) is 75.5 cm³/mol. The number of halogens is 2. The number of alkyl halides is 2. The van der Waals surface area contributed by atoms with E-state index in [1.807, 2.05) is 0 Å². The average molecular weight is 314 g/mol. The monoisotopic (exact) mass is 314 g/mol. The number of hydrogen-bond donors (Lipinski definition) is 1. The summed E-state index contributed by atoms with van der Waals surface area (Å²) in [7, 11) is 0. The minimum absolute atomic E-state index is 0.00444. The van der Waals surface area contributed by atoms with Crippen LogP contribution in [0.5, 0.6) is 0 Å². The number of hydrogen-bond acceptors (Lipinski definition) is 3. The van der Waals surface area contributed by atoms with Crippen molar-refractivity contribution in [3.63, 3.8) is 0 Å². The van der Waals surface area contributed by atoms with Crippen molar-refractivity contribution in [2.75, 3.05) is 13.1 Å². The molecular formula is C14H20F2N4O2. The third-order valence-corrected chi connectivity index (χ3v) is 3.77. The number of rotatable bonds is 5. The zero-order chi connectivity index (χ0) is 16.1. The summed E-state index contributed by atoms with van der Waals surface area (Å²) in [4.78, 5) is 25.1. The van der Waals surface area contributed by atoms with Crippen molar-refractivity contribution in [1.82, 2.24) is 20.0 Å². The van der Waals surface area contributed by atoms with Crippen LogP contribution < -0.4 is 5.32 Å². The van der Waals surface area contributed by atoms with Crippen molar-refractivity contribution in [3.8, 4) is 0 Å². The molecule has 122 valence electrons. The summed E-state index contributed by atoms with van der Waals surface area (Å²) < 4.78 is 25.6. The fraction of sp³-hybridized carbons (Fsp3) is 0.643. The lowest BCUT2D eigenvalue weighted by Crippen LogP contribution is -2.45. The van der Waals surface area contributed by atoms with Crippen LogP contribution in [0.1, 0.15) is 49.6 Å². The largest absolute Gasteiger partial charge is 0.356 e. The Hall–Kier alpha value is -1.99. The molecule has 22 heavy (non-hydrogen) atoms.